The van der Waals surface area contributed by atoms with E-state index in [1.165, 1.54) is 0 Å². The standard InChI is InChI=1S/C8H15N3O4/c9-8(12)10-5-6-1-3-7(4-2-6)15-11(13)14/h6-7H,1-5H2,(H3,9,10,12). The van der Waals surface area contributed by atoms with Crippen LogP contribution in [0.25, 0.3) is 0 Å². The van der Waals surface area contributed by atoms with E-state index in [0.29, 0.717) is 25.3 Å². The van der Waals surface area contributed by atoms with Gasteiger partial charge in [0.2, 0.25) is 0 Å². The molecule has 0 unspecified atom stereocenters. The molecule has 1 fully saturated rings. The topological polar surface area (TPSA) is 107 Å². The minimum absolute atomic E-state index is 0.287. The molecule has 0 heterocycles. The Balaban J connectivity index is 2.18. The fraction of sp³-hybridized carbons (Fsp3) is 0.875. The Morgan fingerprint density at radius 3 is 2.53 bits per heavy atom. The van der Waals surface area contributed by atoms with Crippen molar-refractivity contribution in [3.05, 3.63) is 10.1 Å². The Hall–Kier alpha value is -1.53. The third kappa shape index (κ3) is 4.48. The van der Waals surface area contributed by atoms with E-state index >= 15 is 0 Å². The molecule has 1 rings (SSSR count). The van der Waals surface area contributed by atoms with Crippen molar-refractivity contribution in [1.82, 2.24) is 5.32 Å². The van der Waals surface area contributed by atoms with Crippen molar-refractivity contribution < 1.29 is 14.7 Å². The summed E-state index contributed by atoms with van der Waals surface area (Å²) in [6, 6.07) is -0.529. The third-order valence-corrected chi connectivity index (χ3v) is 2.59. The Morgan fingerprint density at radius 2 is 2.07 bits per heavy atom. The van der Waals surface area contributed by atoms with Crippen LogP contribution in [-0.2, 0) is 4.84 Å². The second-order valence-corrected chi connectivity index (χ2v) is 3.72. The number of primary amides is 1. The quantitative estimate of drug-likeness (QED) is 0.525. The maximum atomic E-state index is 10.4. The molecule has 86 valence electrons. The van der Waals surface area contributed by atoms with Crippen LogP contribution in [-0.4, -0.2) is 23.8 Å². The van der Waals surface area contributed by atoms with E-state index in [1.807, 2.05) is 0 Å². The lowest BCUT2D eigenvalue weighted by molar-refractivity contribution is -0.769. The van der Waals surface area contributed by atoms with Crippen LogP contribution in [0.5, 0.6) is 0 Å². The summed E-state index contributed by atoms with van der Waals surface area (Å²) in [5.41, 5.74) is 4.94. The monoisotopic (exact) mass is 217 g/mol. The van der Waals surface area contributed by atoms with Gasteiger partial charge < -0.3 is 15.9 Å². The maximum Gasteiger partial charge on any atom is 0.312 e. The molecule has 1 saturated carbocycles. The molecule has 0 bridgehead atoms. The highest BCUT2D eigenvalue weighted by Gasteiger charge is 2.23. The first-order valence-electron chi connectivity index (χ1n) is 4.92. The van der Waals surface area contributed by atoms with Gasteiger partial charge >= 0.3 is 6.03 Å². The van der Waals surface area contributed by atoms with Crippen molar-refractivity contribution >= 4 is 6.03 Å². The van der Waals surface area contributed by atoms with Crippen LogP contribution >= 0.6 is 0 Å². The molecule has 1 aliphatic rings. The molecule has 15 heavy (non-hydrogen) atoms. The zero-order valence-corrected chi connectivity index (χ0v) is 8.35. The Kier molecular flexibility index (Phi) is 4.14. The minimum atomic E-state index is -0.743. The summed E-state index contributed by atoms with van der Waals surface area (Å²) in [6.07, 6.45) is 2.67. The number of rotatable bonds is 4. The van der Waals surface area contributed by atoms with E-state index in [9.17, 15) is 14.9 Å². The number of hydrogen-bond donors (Lipinski definition) is 2. The lowest BCUT2D eigenvalue weighted by Crippen LogP contribution is -2.36. The summed E-state index contributed by atoms with van der Waals surface area (Å²) in [7, 11) is 0. The highest BCUT2D eigenvalue weighted by atomic mass is 17.0. The molecule has 0 atom stereocenters. The highest BCUT2D eigenvalue weighted by molar-refractivity contribution is 5.71. The number of carbonyl (C=O) groups excluding carboxylic acids is 1. The van der Waals surface area contributed by atoms with Crippen molar-refractivity contribution in [2.75, 3.05) is 6.54 Å². The first-order valence-corrected chi connectivity index (χ1v) is 4.92. The highest BCUT2D eigenvalue weighted by Crippen LogP contribution is 2.25. The number of nitrogens with zero attached hydrogens (tertiary/aromatic N) is 1. The van der Waals surface area contributed by atoms with E-state index in [4.69, 9.17) is 5.73 Å². The molecule has 2 amide bonds. The first-order chi connectivity index (χ1) is 7.08. The fourth-order valence-electron chi connectivity index (χ4n) is 1.81. The molecule has 1 aliphatic carbocycles. The predicted molar refractivity (Wildman–Crippen MR) is 51.4 cm³/mol. The average molecular weight is 217 g/mol. The van der Waals surface area contributed by atoms with Gasteiger partial charge in [0.25, 0.3) is 5.09 Å². The predicted octanol–water partition coefficient (Wildman–Crippen LogP) is 0.422. The molecule has 0 aliphatic heterocycles. The average Bonchev–Trinajstić information content (AvgIpc) is 2.16. The SMILES string of the molecule is NC(=O)NCC1CCC(O[N+](=O)[O-])CC1. The smallest absolute Gasteiger partial charge is 0.312 e. The summed E-state index contributed by atoms with van der Waals surface area (Å²) in [4.78, 5) is 25.0. The summed E-state index contributed by atoms with van der Waals surface area (Å²) in [5.74, 6) is 0.351. The Morgan fingerprint density at radius 1 is 1.47 bits per heavy atom. The van der Waals surface area contributed by atoms with E-state index in [2.05, 4.69) is 10.2 Å². The molecule has 0 spiro atoms. The molecular weight excluding hydrogens is 202 g/mol. The summed E-state index contributed by atoms with van der Waals surface area (Å²) < 4.78 is 0. The lowest BCUT2D eigenvalue weighted by atomic mass is 9.87. The van der Waals surface area contributed by atoms with Crippen molar-refractivity contribution in [2.24, 2.45) is 11.7 Å². The van der Waals surface area contributed by atoms with E-state index in [-0.39, 0.29) is 6.10 Å². The van der Waals surface area contributed by atoms with Crippen LogP contribution in [0.2, 0.25) is 0 Å². The molecular formula is C8H15N3O4. The van der Waals surface area contributed by atoms with Gasteiger partial charge in [-0.2, -0.15) is 0 Å². The van der Waals surface area contributed by atoms with Gasteiger partial charge in [-0.1, -0.05) is 0 Å². The van der Waals surface area contributed by atoms with Gasteiger partial charge in [0, 0.05) is 6.54 Å². The van der Waals surface area contributed by atoms with Gasteiger partial charge in [-0.3, -0.25) is 0 Å². The Labute approximate surface area is 87.1 Å². The van der Waals surface area contributed by atoms with Gasteiger partial charge in [-0.05, 0) is 31.6 Å². The van der Waals surface area contributed by atoms with Crippen LogP contribution < -0.4 is 11.1 Å². The van der Waals surface area contributed by atoms with Crippen molar-refractivity contribution in [1.29, 1.82) is 0 Å². The number of hydrogen-bond acceptors (Lipinski definition) is 4. The lowest BCUT2D eigenvalue weighted by Gasteiger charge is -2.26. The molecule has 0 saturated heterocycles. The largest absolute Gasteiger partial charge is 0.352 e. The molecule has 0 aromatic heterocycles. The van der Waals surface area contributed by atoms with Crippen LogP contribution in [0.1, 0.15) is 25.7 Å². The van der Waals surface area contributed by atoms with Crippen LogP contribution in [0.15, 0.2) is 0 Å². The zero-order chi connectivity index (χ0) is 11.3. The summed E-state index contributed by atoms with van der Waals surface area (Å²) >= 11 is 0. The van der Waals surface area contributed by atoms with E-state index < -0.39 is 11.1 Å². The molecule has 7 heteroatoms. The molecule has 0 aromatic rings. The van der Waals surface area contributed by atoms with Gasteiger partial charge in [0.1, 0.15) is 6.10 Å². The molecule has 0 radical (unpaired) electrons. The zero-order valence-electron chi connectivity index (χ0n) is 8.35. The number of urea groups is 1. The second kappa shape index (κ2) is 5.38. The summed E-state index contributed by atoms with van der Waals surface area (Å²) in [5, 5.41) is 11.9. The molecule has 0 aromatic carbocycles. The first kappa shape index (κ1) is 11.5. The molecule has 3 N–H and O–H groups in total. The summed E-state index contributed by atoms with van der Waals surface area (Å²) in [6.45, 7) is 0.542. The van der Waals surface area contributed by atoms with Crippen LogP contribution in [0, 0.1) is 16.0 Å². The van der Waals surface area contributed by atoms with Gasteiger partial charge in [-0.15, -0.1) is 10.1 Å². The molecule has 7 nitrogen and oxygen atoms in total. The number of nitrogens with two attached hydrogens (primary N) is 1. The second-order valence-electron chi connectivity index (χ2n) is 3.72. The van der Waals surface area contributed by atoms with Crippen LogP contribution in [0.4, 0.5) is 4.79 Å². The number of nitrogens with one attached hydrogen (secondary N) is 1. The Bertz CT molecular complexity index is 238. The van der Waals surface area contributed by atoms with E-state index in [1.54, 1.807) is 0 Å². The minimum Gasteiger partial charge on any atom is -0.352 e. The van der Waals surface area contributed by atoms with Crippen LogP contribution in [0.3, 0.4) is 0 Å². The maximum absolute atomic E-state index is 10.4. The normalized spacial score (nSPS) is 25.6. The number of amides is 2. The van der Waals surface area contributed by atoms with E-state index in [0.717, 1.165) is 12.8 Å². The van der Waals surface area contributed by atoms with Crippen molar-refractivity contribution in [3.63, 3.8) is 0 Å². The van der Waals surface area contributed by atoms with Gasteiger partial charge in [0.15, 0.2) is 0 Å². The third-order valence-electron chi connectivity index (χ3n) is 2.59. The van der Waals surface area contributed by atoms with Crippen molar-refractivity contribution in [2.45, 2.75) is 31.8 Å². The van der Waals surface area contributed by atoms with Gasteiger partial charge in [0.05, 0.1) is 0 Å². The van der Waals surface area contributed by atoms with Gasteiger partial charge in [-0.25, -0.2) is 4.79 Å². The number of carbonyl (C=O) groups is 1. The van der Waals surface area contributed by atoms with Crippen molar-refractivity contribution in [3.8, 4) is 0 Å². The fourth-order valence-corrected chi connectivity index (χ4v) is 1.81.